The summed E-state index contributed by atoms with van der Waals surface area (Å²) in [6, 6.07) is 3.90. The minimum Gasteiger partial charge on any atom is -0.327 e. The number of nitrogens with two attached hydrogens (primary N) is 1. The molecule has 1 atom stereocenters. The van der Waals surface area contributed by atoms with E-state index in [2.05, 4.69) is 9.97 Å². The number of nitrogens with zero attached hydrogens (tertiary/aromatic N) is 1. The number of aromatic amines is 2. The predicted octanol–water partition coefficient (Wildman–Crippen LogP) is -0.672. The molecule has 4 N–H and O–H groups in total. The van der Waals surface area contributed by atoms with Gasteiger partial charge in [-0.1, -0.05) is 0 Å². The Balaban J connectivity index is 2.09. The number of rotatable bonds is 2. The van der Waals surface area contributed by atoms with E-state index in [0.29, 0.717) is 18.5 Å². The van der Waals surface area contributed by atoms with Gasteiger partial charge in [0.2, 0.25) is 10.0 Å². The van der Waals surface area contributed by atoms with Crippen molar-refractivity contribution in [2.75, 3.05) is 13.1 Å². The molecule has 2 heterocycles. The van der Waals surface area contributed by atoms with E-state index < -0.39 is 21.3 Å². The fourth-order valence-electron chi connectivity index (χ4n) is 2.65. The molecular weight excluding hydrogens is 308 g/mol. The summed E-state index contributed by atoms with van der Waals surface area (Å²) >= 11 is 0. The number of fused-ring (bicyclic) bond motifs is 1. The van der Waals surface area contributed by atoms with E-state index in [-0.39, 0.29) is 22.9 Å². The Bertz CT molecular complexity index is 931. The van der Waals surface area contributed by atoms with Gasteiger partial charge in [-0.2, -0.15) is 4.31 Å². The van der Waals surface area contributed by atoms with Gasteiger partial charge in [-0.25, -0.2) is 13.2 Å². The standard InChI is InChI=1S/C13H16N4O4S/c14-8-2-1-5-17(7-8)22(20,21)9-3-4-11-10(6-9)12(18)16-13(19)15-11/h3-4,6,8H,1-2,5,7,14H2,(H2,15,16,18,19). The Hall–Kier alpha value is -1.97. The molecule has 22 heavy (non-hydrogen) atoms. The van der Waals surface area contributed by atoms with Crippen LogP contribution in [-0.4, -0.2) is 41.8 Å². The zero-order valence-corrected chi connectivity index (χ0v) is 12.5. The molecule has 0 bridgehead atoms. The summed E-state index contributed by atoms with van der Waals surface area (Å²) in [4.78, 5) is 27.6. The molecule has 1 unspecified atom stereocenters. The highest BCUT2D eigenvalue weighted by atomic mass is 32.2. The van der Waals surface area contributed by atoms with Crippen molar-refractivity contribution in [1.29, 1.82) is 0 Å². The first-order valence-electron chi connectivity index (χ1n) is 6.90. The summed E-state index contributed by atoms with van der Waals surface area (Å²) in [7, 11) is -3.70. The lowest BCUT2D eigenvalue weighted by Crippen LogP contribution is -2.45. The Morgan fingerprint density at radius 2 is 2.00 bits per heavy atom. The number of hydrogen-bond acceptors (Lipinski definition) is 5. The molecular formula is C13H16N4O4S. The molecule has 3 rings (SSSR count). The van der Waals surface area contributed by atoms with Crippen molar-refractivity contribution in [3.8, 4) is 0 Å². The molecule has 0 aliphatic carbocycles. The van der Waals surface area contributed by atoms with Gasteiger partial charge in [-0.05, 0) is 31.0 Å². The van der Waals surface area contributed by atoms with Crippen LogP contribution in [0.1, 0.15) is 12.8 Å². The van der Waals surface area contributed by atoms with Crippen molar-refractivity contribution in [1.82, 2.24) is 14.3 Å². The van der Waals surface area contributed by atoms with E-state index in [0.717, 1.165) is 6.42 Å². The molecule has 1 saturated heterocycles. The van der Waals surface area contributed by atoms with Gasteiger partial charge in [0, 0.05) is 19.1 Å². The largest absolute Gasteiger partial charge is 0.327 e. The number of piperidine rings is 1. The topological polar surface area (TPSA) is 129 Å². The van der Waals surface area contributed by atoms with Gasteiger partial charge in [-0.15, -0.1) is 0 Å². The van der Waals surface area contributed by atoms with Crippen LogP contribution in [0, 0.1) is 0 Å². The van der Waals surface area contributed by atoms with Crippen molar-refractivity contribution in [2.45, 2.75) is 23.8 Å². The van der Waals surface area contributed by atoms with Crippen molar-refractivity contribution < 1.29 is 8.42 Å². The molecule has 0 spiro atoms. The van der Waals surface area contributed by atoms with Crippen LogP contribution in [0.2, 0.25) is 0 Å². The van der Waals surface area contributed by atoms with Crippen LogP contribution in [0.3, 0.4) is 0 Å². The van der Waals surface area contributed by atoms with Crippen LogP contribution in [0.5, 0.6) is 0 Å². The quantitative estimate of drug-likeness (QED) is 0.674. The van der Waals surface area contributed by atoms with E-state index >= 15 is 0 Å². The molecule has 0 saturated carbocycles. The second-order valence-electron chi connectivity index (χ2n) is 5.38. The molecule has 0 radical (unpaired) electrons. The SMILES string of the molecule is NC1CCCN(S(=O)(=O)c2ccc3[nH]c(=O)[nH]c(=O)c3c2)C1. The monoisotopic (exact) mass is 324 g/mol. The third kappa shape index (κ3) is 2.58. The van der Waals surface area contributed by atoms with E-state index in [1.54, 1.807) is 0 Å². The normalized spacial score (nSPS) is 20.3. The first-order valence-corrected chi connectivity index (χ1v) is 8.34. The van der Waals surface area contributed by atoms with Crippen LogP contribution in [0.25, 0.3) is 10.9 Å². The van der Waals surface area contributed by atoms with Crippen LogP contribution >= 0.6 is 0 Å². The van der Waals surface area contributed by atoms with E-state index in [1.807, 2.05) is 0 Å². The van der Waals surface area contributed by atoms with Gasteiger partial charge in [-0.3, -0.25) is 9.78 Å². The zero-order valence-electron chi connectivity index (χ0n) is 11.7. The molecule has 1 aromatic carbocycles. The summed E-state index contributed by atoms with van der Waals surface area (Å²) in [6.07, 6.45) is 1.51. The molecule has 0 amide bonds. The van der Waals surface area contributed by atoms with Gasteiger partial charge >= 0.3 is 5.69 Å². The third-order valence-electron chi connectivity index (χ3n) is 3.77. The first-order chi connectivity index (χ1) is 10.4. The third-order valence-corrected chi connectivity index (χ3v) is 5.63. The van der Waals surface area contributed by atoms with Crippen LogP contribution < -0.4 is 17.0 Å². The van der Waals surface area contributed by atoms with Gasteiger partial charge in [0.15, 0.2) is 0 Å². The Morgan fingerprint density at radius 1 is 1.23 bits per heavy atom. The summed E-state index contributed by atoms with van der Waals surface area (Å²) in [5.41, 5.74) is 4.88. The summed E-state index contributed by atoms with van der Waals surface area (Å²) < 4.78 is 26.6. The lowest BCUT2D eigenvalue weighted by molar-refractivity contribution is 0.316. The molecule has 9 heteroatoms. The summed E-state index contributed by atoms with van der Waals surface area (Å²) in [5.74, 6) is 0. The summed E-state index contributed by atoms with van der Waals surface area (Å²) in [5, 5.41) is 0.127. The highest BCUT2D eigenvalue weighted by molar-refractivity contribution is 7.89. The lowest BCUT2D eigenvalue weighted by atomic mass is 10.1. The van der Waals surface area contributed by atoms with Crippen LogP contribution in [-0.2, 0) is 10.0 Å². The molecule has 1 aliphatic heterocycles. The van der Waals surface area contributed by atoms with Crippen LogP contribution in [0.15, 0.2) is 32.7 Å². The number of benzene rings is 1. The molecule has 1 aliphatic rings. The van der Waals surface area contributed by atoms with Gasteiger partial charge < -0.3 is 10.7 Å². The molecule has 1 aromatic heterocycles. The second kappa shape index (κ2) is 5.34. The average Bonchev–Trinajstić information content (AvgIpc) is 2.46. The maximum Gasteiger partial charge on any atom is 0.326 e. The number of aromatic nitrogens is 2. The molecule has 1 fully saturated rings. The minimum atomic E-state index is -3.70. The van der Waals surface area contributed by atoms with Crippen molar-refractivity contribution in [3.63, 3.8) is 0 Å². The highest BCUT2D eigenvalue weighted by Crippen LogP contribution is 2.21. The fourth-order valence-corrected chi connectivity index (χ4v) is 4.21. The maximum absolute atomic E-state index is 12.6. The second-order valence-corrected chi connectivity index (χ2v) is 7.32. The van der Waals surface area contributed by atoms with Gasteiger partial charge in [0.25, 0.3) is 5.56 Å². The average molecular weight is 324 g/mol. The van der Waals surface area contributed by atoms with Gasteiger partial charge in [0.05, 0.1) is 15.8 Å². The molecule has 2 aromatic rings. The Kier molecular flexibility index (Phi) is 3.63. The van der Waals surface area contributed by atoms with Crippen molar-refractivity contribution in [2.24, 2.45) is 5.73 Å². The zero-order chi connectivity index (χ0) is 15.9. The number of H-pyrrole nitrogens is 2. The van der Waals surface area contributed by atoms with Crippen molar-refractivity contribution in [3.05, 3.63) is 39.0 Å². The number of nitrogens with one attached hydrogen (secondary N) is 2. The fraction of sp³-hybridized carbons (Fsp3) is 0.385. The van der Waals surface area contributed by atoms with E-state index in [9.17, 15) is 18.0 Å². The van der Waals surface area contributed by atoms with Crippen LogP contribution in [0.4, 0.5) is 0 Å². The Labute approximate surface area is 126 Å². The number of hydrogen-bond donors (Lipinski definition) is 3. The van der Waals surface area contributed by atoms with Crippen molar-refractivity contribution >= 4 is 20.9 Å². The Morgan fingerprint density at radius 3 is 2.73 bits per heavy atom. The molecule has 8 nitrogen and oxygen atoms in total. The minimum absolute atomic E-state index is 0.0200. The van der Waals surface area contributed by atoms with E-state index in [1.165, 1.54) is 22.5 Å². The lowest BCUT2D eigenvalue weighted by Gasteiger charge is -2.29. The predicted molar refractivity (Wildman–Crippen MR) is 81.2 cm³/mol. The highest BCUT2D eigenvalue weighted by Gasteiger charge is 2.29. The number of sulfonamides is 1. The first kappa shape index (κ1) is 14.9. The van der Waals surface area contributed by atoms with E-state index in [4.69, 9.17) is 5.73 Å². The molecule has 118 valence electrons. The maximum atomic E-state index is 12.6. The summed E-state index contributed by atoms with van der Waals surface area (Å²) in [6.45, 7) is 0.679. The van der Waals surface area contributed by atoms with Gasteiger partial charge in [0.1, 0.15) is 0 Å². The smallest absolute Gasteiger partial charge is 0.326 e.